The molecule has 0 aliphatic heterocycles. The van der Waals surface area contributed by atoms with E-state index in [-0.39, 0.29) is 5.91 Å². The highest BCUT2D eigenvalue weighted by Gasteiger charge is 2.35. The van der Waals surface area contributed by atoms with Crippen LogP contribution in [0.25, 0.3) is 0 Å². The van der Waals surface area contributed by atoms with Crippen LogP contribution in [-0.2, 0) is 4.79 Å². The standard InChI is InChI=1S/C14H23N3O/c1-17(12-6-2-3-7-12)10-13(18)16-14(11-15)8-4-5-9-14/h12H,2-10H2,1H3,(H,16,18). The number of amides is 1. The zero-order valence-corrected chi connectivity index (χ0v) is 11.2. The molecule has 0 unspecified atom stereocenters. The molecule has 0 heterocycles. The number of hydrogen-bond donors (Lipinski definition) is 1. The molecule has 4 nitrogen and oxygen atoms in total. The maximum absolute atomic E-state index is 12.0. The highest BCUT2D eigenvalue weighted by atomic mass is 16.2. The zero-order chi connectivity index (χ0) is 13.0. The number of nitrogens with one attached hydrogen (secondary N) is 1. The van der Waals surface area contributed by atoms with Gasteiger partial charge in [0.05, 0.1) is 12.6 Å². The van der Waals surface area contributed by atoms with E-state index < -0.39 is 5.54 Å². The molecule has 0 atom stereocenters. The van der Waals surface area contributed by atoms with Crippen LogP contribution in [0.15, 0.2) is 0 Å². The predicted octanol–water partition coefficient (Wildman–Crippen LogP) is 1.81. The van der Waals surface area contributed by atoms with Gasteiger partial charge in [-0.15, -0.1) is 0 Å². The molecule has 1 amide bonds. The molecule has 2 saturated carbocycles. The van der Waals surface area contributed by atoms with Crippen LogP contribution in [0, 0.1) is 11.3 Å². The fourth-order valence-corrected chi connectivity index (χ4v) is 3.25. The van der Waals surface area contributed by atoms with Crippen LogP contribution in [0.3, 0.4) is 0 Å². The van der Waals surface area contributed by atoms with E-state index in [1.54, 1.807) is 0 Å². The maximum Gasteiger partial charge on any atom is 0.235 e. The summed E-state index contributed by atoms with van der Waals surface area (Å²) >= 11 is 0. The molecular formula is C14H23N3O. The van der Waals surface area contributed by atoms with Crippen LogP contribution in [0.5, 0.6) is 0 Å². The van der Waals surface area contributed by atoms with Gasteiger partial charge in [0.25, 0.3) is 0 Å². The van der Waals surface area contributed by atoms with Gasteiger partial charge in [-0.3, -0.25) is 9.69 Å². The van der Waals surface area contributed by atoms with Crippen molar-refractivity contribution < 1.29 is 4.79 Å². The van der Waals surface area contributed by atoms with Gasteiger partial charge >= 0.3 is 0 Å². The van der Waals surface area contributed by atoms with Crippen LogP contribution in [0.4, 0.5) is 0 Å². The smallest absolute Gasteiger partial charge is 0.235 e. The van der Waals surface area contributed by atoms with Gasteiger partial charge in [-0.05, 0) is 45.6 Å². The Labute approximate surface area is 109 Å². The first kappa shape index (κ1) is 13.4. The summed E-state index contributed by atoms with van der Waals surface area (Å²) in [6.45, 7) is 0.425. The molecular weight excluding hydrogens is 226 g/mol. The Morgan fingerprint density at radius 3 is 2.50 bits per heavy atom. The topological polar surface area (TPSA) is 56.1 Å². The molecule has 18 heavy (non-hydrogen) atoms. The molecule has 0 aromatic heterocycles. The summed E-state index contributed by atoms with van der Waals surface area (Å²) in [7, 11) is 2.02. The number of nitrogens with zero attached hydrogens (tertiary/aromatic N) is 2. The van der Waals surface area contributed by atoms with Gasteiger partial charge < -0.3 is 5.32 Å². The Morgan fingerprint density at radius 1 is 1.33 bits per heavy atom. The normalized spacial score (nSPS) is 23.2. The third-order valence-electron chi connectivity index (χ3n) is 4.39. The van der Waals surface area contributed by atoms with Crippen molar-refractivity contribution >= 4 is 5.91 Å². The van der Waals surface area contributed by atoms with Crippen molar-refractivity contribution in [1.29, 1.82) is 5.26 Å². The molecule has 1 N–H and O–H groups in total. The summed E-state index contributed by atoms with van der Waals surface area (Å²) < 4.78 is 0. The summed E-state index contributed by atoms with van der Waals surface area (Å²) in [5, 5.41) is 12.2. The van der Waals surface area contributed by atoms with E-state index in [1.165, 1.54) is 25.7 Å². The molecule has 0 saturated heterocycles. The van der Waals surface area contributed by atoms with E-state index in [0.717, 1.165) is 25.7 Å². The molecule has 0 spiro atoms. The van der Waals surface area contributed by atoms with Crippen molar-refractivity contribution in [3.63, 3.8) is 0 Å². The number of rotatable bonds is 4. The van der Waals surface area contributed by atoms with Crippen LogP contribution < -0.4 is 5.32 Å². The third-order valence-corrected chi connectivity index (χ3v) is 4.39. The van der Waals surface area contributed by atoms with Gasteiger partial charge in [-0.1, -0.05) is 12.8 Å². The highest BCUT2D eigenvalue weighted by molar-refractivity contribution is 5.79. The monoisotopic (exact) mass is 249 g/mol. The van der Waals surface area contributed by atoms with E-state index in [9.17, 15) is 10.1 Å². The van der Waals surface area contributed by atoms with E-state index in [4.69, 9.17) is 0 Å². The fourth-order valence-electron chi connectivity index (χ4n) is 3.25. The number of carbonyl (C=O) groups is 1. The zero-order valence-electron chi connectivity index (χ0n) is 11.2. The summed E-state index contributed by atoms with van der Waals surface area (Å²) in [4.78, 5) is 14.2. The first-order valence-corrected chi connectivity index (χ1v) is 7.08. The lowest BCUT2D eigenvalue weighted by molar-refractivity contribution is -0.123. The molecule has 2 aliphatic carbocycles. The van der Waals surface area contributed by atoms with Crippen LogP contribution in [0.1, 0.15) is 51.4 Å². The summed E-state index contributed by atoms with van der Waals surface area (Å²) in [5.41, 5.74) is -0.576. The minimum atomic E-state index is -0.576. The number of likely N-dealkylation sites (N-methyl/N-ethyl adjacent to an activating group) is 1. The van der Waals surface area contributed by atoms with Gasteiger partial charge in [0.2, 0.25) is 5.91 Å². The van der Waals surface area contributed by atoms with E-state index in [0.29, 0.717) is 12.6 Å². The first-order chi connectivity index (χ1) is 8.65. The summed E-state index contributed by atoms with van der Waals surface area (Å²) in [6.07, 6.45) is 8.67. The molecule has 0 bridgehead atoms. The fraction of sp³-hybridized carbons (Fsp3) is 0.857. The lowest BCUT2D eigenvalue weighted by atomic mass is 10.00. The quantitative estimate of drug-likeness (QED) is 0.826. The molecule has 2 aliphatic rings. The Morgan fingerprint density at radius 2 is 1.94 bits per heavy atom. The Balaban J connectivity index is 1.82. The summed E-state index contributed by atoms with van der Waals surface area (Å²) in [5.74, 6) is 0.00727. The predicted molar refractivity (Wildman–Crippen MR) is 69.8 cm³/mol. The van der Waals surface area contributed by atoms with Crippen molar-refractivity contribution in [2.24, 2.45) is 0 Å². The van der Waals surface area contributed by atoms with Gasteiger partial charge in [-0.2, -0.15) is 5.26 Å². The molecule has 0 aromatic carbocycles. The number of hydrogen-bond acceptors (Lipinski definition) is 3. The van der Waals surface area contributed by atoms with E-state index in [1.807, 2.05) is 7.05 Å². The summed E-state index contributed by atoms with van der Waals surface area (Å²) in [6, 6.07) is 2.85. The highest BCUT2D eigenvalue weighted by Crippen LogP contribution is 2.29. The average molecular weight is 249 g/mol. The molecule has 0 aromatic rings. The van der Waals surface area contributed by atoms with Crippen molar-refractivity contribution in [3.8, 4) is 6.07 Å². The molecule has 2 fully saturated rings. The van der Waals surface area contributed by atoms with Crippen LogP contribution in [0.2, 0.25) is 0 Å². The largest absolute Gasteiger partial charge is 0.337 e. The van der Waals surface area contributed by atoms with Crippen molar-refractivity contribution in [3.05, 3.63) is 0 Å². The molecule has 2 rings (SSSR count). The number of carbonyl (C=O) groups excluding carboxylic acids is 1. The molecule has 100 valence electrons. The Hall–Kier alpha value is -1.08. The average Bonchev–Trinajstić information content (AvgIpc) is 2.99. The lowest BCUT2D eigenvalue weighted by Gasteiger charge is -2.27. The SMILES string of the molecule is CN(CC(=O)NC1(C#N)CCCC1)C1CCCC1. The van der Waals surface area contributed by atoms with E-state index in [2.05, 4.69) is 16.3 Å². The molecule has 0 radical (unpaired) electrons. The number of nitriles is 1. The van der Waals surface area contributed by atoms with Gasteiger partial charge in [0.15, 0.2) is 0 Å². The second kappa shape index (κ2) is 5.71. The van der Waals surface area contributed by atoms with Crippen LogP contribution in [-0.4, -0.2) is 36.0 Å². The second-order valence-corrected chi connectivity index (χ2v) is 5.80. The van der Waals surface area contributed by atoms with Gasteiger partial charge in [-0.25, -0.2) is 0 Å². The Bertz CT molecular complexity index is 335. The lowest BCUT2D eigenvalue weighted by Crippen LogP contribution is -2.49. The van der Waals surface area contributed by atoms with Crippen molar-refractivity contribution in [2.45, 2.75) is 62.9 Å². The van der Waals surface area contributed by atoms with Gasteiger partial charge in [0, 0.05) is 6.04 Å². The van der Waals surface area contributed by atoms with E-state index >= 15 is 0 Å². The maximum atomic E-state index is 12.0. The third kappa shape index (κ3) is 3.02. The Kier molecular flexibility index (Phi) is 4.23. The molecule has 4 heteroatoms. The van der Waals surface area contributed by atoms with Crippen molar-refractivity contribution in [2.75, 3.05) is 13.6 Å². The second-order valence-electron chi connectivity index (χ2n) is 5.80. The van der Waals surface area contributed by atoms with Gasteiger partial charge in [0.1, 0.15) is 5.54 Å². The van der Waals surface area contributed by atoms with Crippen molar-refractivity contribution in [1.82, 2.24) is 10.2 Å². The van der Waals surface area contributed by atoms with Crippen LogP contribution >= 0.6 is 0 Å². The minimum absolute atomic E-state index is 0.00727. The first-order valence-electron chi connectivity index (χ1n) is 7.08. The minimum Gasteiger partial charge on any atom is -0.337 e.